The predicted molar refractivity (Wildman–Crippen MR) is 112 cm³/mol. The van der Waals surface area contributed by atoms with Crippen LogP contribution in [0.5, 0.6) is 0 Å². The summed E-state index contributed by atoms with van der Waals surface area (Å²) >= 11 is 0. The Labute approximate surface area is 170 Å². The second-order valence-corrected chi connectivity index (χ2v) is 7.79. The van der Waals surface area contributed by atoms with E-state index in [1.165, 1.54) is 6.07 Å². The lowest BCUT2D eigenvalue weighted by Gasteiger charge is -2.29. The maximum atomic E-state index is 15.1. The number of carbonyl (C=O) groups excluding carboxylic acids is 2. The number of hydrogen-bond donors (Lipinski definition) is 2. The van der Waals surface area contributed by atoms with E-state index in [4.69, 9.17) is 5.73 Å². The van der Waals surface area contributed by atoms with Crippen LogP contribution in [0.1, 0.15) is 41.9 Å². The first-order chi connectivity index (χ1) is 13.7. The van der Waals surface area contributed by atoms with E-state index in [1.807, 2.05) is 32.7 Å². The molecule has 3 rings (SSSR count). The first-order valence-corrected chi connectivity index (χ1v) is 9.73. The van der Waals surface area contributed by atoms with Crippen LogP contribution in [0.4, 0.5) is 10.1 Å². The number of anilines is 1. The van der Waals surface area contributed by atoms with Crippen LogP contribution in [-0.4, -0.2) is 47.9 Å². The molecule has 2 aromatic rings. The molecule has 1 aromatic carbocycles. The van der Waals surface area contributed by atoms with Crippen LogP contribution in [0.3, 0.4) is 0 Å². The molecule has 1 aliphatic rings. The number of aromatic nitrogens is 1. The first-order valence-electron chi connectivity index (χ1n) is 9.73. The Balaban J connectivity index is 1.96. The summed E-state index contributed by atoms with van der Waals surface area (Å²) in [6.07, 6.45) is 0.831. The molecule has 1 fully saturated rings. The number of rotatable bonds is 4. The van der Waals surface area contributed by atoms with E-state index < -0.39 is 11.7 Å². The number of carbonyl (C=O) groups is 2. The van der Waals surface area contributed by atoms with E-state index >= 15 is 4.39 Å². The topological polar surface area (TPSA) is 82.4 Å². The number of fused-ring (bicyclic) bond motifs is 1. The summed E-state index contributed by atoms with van der Waals surface area (Å²) in [5, 5.41) is 0.675. The van der Waals surface area contributed by atoms with E-state index in [9.17, 15) is 9.59 Å². The Kier molecular flexibility index (Phi) is 5.56. The molecular weight excluding hydrogens is 371 g/mol. The SMILES string of the molecule is CC#CC(=O)N1CCC(CN(C)c2c(F)cc(C(N)=O)c3[nH]c(C)c(C)c23)C1C. The Bertz CT molecular complexity index is 1050. The van der Waals surface area contributed by atoms with Crippen LogP contribution < -0.4 is 10.6 Å². The summed E-state index contributed by atoms with van der Waals surface area (Å²) in [5.41, 5.74) is 8.37. The van der Waals surface area contributed by atoms with Crippen molar-refractivity contribution in [2.24, 2.45) is 11.7 Å². The molecule has 6 nitrogen and oxygen atoms in total. The number of aromatic amines is 1. The quantitative estimate of drug-likeness (QED) is 0.777. The van der Waals surface area contributed by atoms with E-state index in [0.717, 1.165) is 17.7 Å². The fourth-order valence-corrected chi connectivity index (χ4v) is 4.33. The largest absolute Gasteiger partial charge is 0.371 e. The van der Waals surface area contributed by atoms with E-state index in [-0.39, 0.29) is 23.4 Å². The second-order valence-electron chi connectivity index (χ2n) is 7.79. The second kappa shape index (κ2) is 7.78. The van der Waals surface area contributed by atoms with Crippen molar-refractivity contribution in [3.05, 3.63) is 28.7 Å². The van der Waals surface area contributed by atoms with Crippen LogP contribution in [0.15, 0.2) is 6.07 Å². The summed E-state index contributed by atoms with van der Waals surface area (Å²) < 4.78 is 15.1. The molecule has 2 unspecified atom stereocenters. The zero-order chi connectivity index (χ0) is 21.5. The predicted octanol–water partition coefficient (Wildman–Crippen LogP) is 2.72. The molecule has 0 bridgehead atoms. The molecule has 154 valence electrons. The van der Waals surface area contributed by atoms with Gasteiger partial charge in [-0.3, -0.25) is 9.59 Å². The smallest absolute Gasteiger partial charge is 0.298 e. The van der Waals surface area contributed by atoms with Crippen molar-refractivity contribution in [1.29, 1.82) is 0 Å². The van der Waals surface area contributed by atoms with Gasteiger partial charge < -0.3 is 20.5 Å². The normalized spacial score (nSPS) is 18.6. The number of H-pyrrole nitrogens is 1. The number of nitrogens with two attached hydrogens (primary N) is 1. The highest BCUT2D eigenvalue weighted by molar-refractivity contribution is 6.10. The number of aryl methyl sites for hydroxylation is 2. The number of nitrogens with one attached hydrogen (secondary N) is 1. The fourth-order valence-electron chi connectivity index (χ4n) is 4.33. The third-order valence-corrected chi connectivity index (χ3v) is 6.07. The Morgan fingerprint density at radius 1 is 1.41 bits per heavy atom. The number of nitrogens with zero attached hydrogens (tertiary/aromatic N) is 2. The average Bonchev–Trinajstić information content (AvgIpc) is 3.15. The number of primary amides is 1. The minimum Gasteiger partial charge on any atom is -0.371 e. The lowest BCUT2D eigenvalue weighted by molar-refractivity contribution is -0.125. The maximum absolute atomic E-state index is 15.1. The zero-order valence-electron chi connectivity index (χ0n) is 17.5. The van der Waals surface area contributed by atoms with Crippen LogP contribution in [-0.2, 0) is 4.79 Å². The summed E-state index contributed by atoms with van der Waals surface area (Å²) in [6, 6.07) is 1.22. The van der Waals surface area contributed by atoms with Crippen molar-refractivity contribution in [3.8, 4) is 11.8 Å². The van der Waals surface area contributed by atoms with Gasteiger partial charge in [0.2, 0.25) is 0 Å². The van der Waals surface area contributed by atoms with Crippen LogP contribution >= 0.6 is 0 Å². The fraction of sp³-hybridized carbons (Fsp3) is 0.455. The Morgan fingerprint density at radius 3 is 2.72 bits per heavy atom. The van der Waals surface area contributed by atoms with Crippen molar-refractivity contribution in [1.82, 2.24) is 9.88 Å². The highest BCUT2D eigenvalue weighted by Crippen LogP contribution is 2.37. The number of halogens is 1. The third-order valence-electron chi connectivity index (χ3n) is 6.07. The molecule has 0 radical (unpaired) electrons. The molecule has 1 aliphatic heterocycles. The molecule has 1 saturated heterocycles. The van der Waals surface area contributed by atoms with E-state index in [1.54, 1.807) is 11.8 Å². The Hall–Kier alpha value is -3.01. The van der Waals surface area contributed by atoms with Crippen molar-refractivity contribution in [2.75, 3.05) is 25.0 Å². The lowest BCUT2D eigenvalue weighted by Crippen LogP contribution is -2.38. The van der Waals surface area contributed by atoms with Crippen LogP contribution in [0.25, 0.3) is 10.9 Å². The molecule has 29 heavy (non-hydrogen) atoms. The standard InChI is InChI=1S/C22H27FN4O2/c1-6-7-18(28)27-9-8-15(14(27)4)11-26(5)21-17(23)10-16(22(24)29)20-19(21)12(2)13(3)25-20/h10,14-15,25H,8-9,11H2,1-5H3,(H2,24,29). The van der Waals surface area contributed by atoms with Gasteiger partial charge in [-0.25, -0.2) is 4.39 Å². The van der Waals surface area contributed by atoms with Crippen LogP contribution in [0, 0.1) is 37.4 Å². The van der Waals surface area contributed by atoms with Gasteiger partial charge in [0.25, 0.3) is 11.8 Å². The number of hydrogen-bond acceptors (Lipinski definition) is 3. The maximum Gasteiger partial charge on any atom is 0.298 e. The van der Waals surface area contributed by atoms with Gasteiger partial charge in [0.1, 0.15) is 5.82 Å². The van der Waals surface area contributed by atoms with E-state index in [0.29, 0.717) is 29.7 Å². The van der Waals surface area contributed by atoms with Gasteiger partial charge in [-0.15, -0.1) is 0 Å². The minimum absolute atomic E-state index is 0.0169. The van der Waals surface area contributed by atoms with Crippen molar-refractivity contribution < 1.29 is 14.0 Å². The molecule has 3 N–H and O–H groups in total. The Morgan fingerprint density at radius 2 is 2.10 bits per heavy atom. The average molecular weight is 398 g/mol. The van der Waals surface area contributed by atoms with Gasteiger partial charge in [0, 0.05) is 37.3 Å². The molecule has 2 atom stereocenters. The van der Waals surface area contributed by atoms with Gasteiger partial charge in [-0.1, -0.05) is 5.92 Å². The third kappa shape index (κ3) is 3.55. The molecule has 0 aliphatic carbocycles. The van der Waals surface area contributed by atoms with Gasteiger partial charge in [-0.2, -0.15) is 0 Å². The van der Waals surface area contributed by atoms with Crippen molar-refractivity contribution in [3.63, 3.8) is 0 Å². The minimum atomic E-state index is -0.667. The summed E-state index contributed by atoms with van der Waals surface area (Å²) in [4.78, 5) is 30.8. The summed E-state index contributed by atoms with van der Waals surface area (Å²) in [7, 11) is 1.84. The summed E-state index contributed by atoms with van der Waals surface area (Å²) in [5.74, 6) is 4.13. The number of likely N-dealkylation sites (tertiary alicyclic amines) is 1. The van der Waals surface area contributed by atoms with Gasteiger partial charge in [0.05, 0.1) is 16.8 Å². The first kappa shape index (κ1) is 20.7. The van der Waals surface area contributed by atoms with Gasteiger partial charge >= 0.3 is 0 Å². The molecule has 0 saturated carbocycles. The van der Waals surface area contributed by atoms with Crippen molar-refractivity contribution in [2.45, 2.75) is 40.2 Å². The molecule has 2 amide bonds. The van der Waals surface area contributed by atoms with Crippen molar-refractivity contribution >= 4 is 28.4 Å². The van der Waals surface area contributed by atoms with Gasteiger partial charge in [0.15, 0.2) is 0 Å². The number of benzene rings is 1. The molecule has 7 heteroatoms. The summed E-state index contributed by atoms with van der Waals surface area (Å²) in [6.45, 7) is 8.67. The molecule has 1 aromatic heterocycles. The van der Waals surface area contributed by atoms with E-state index in [2.05, 4.69) is 16.8 Å². The molecular formula is C22H27FN4O2. The number of amides is 2. The highest BCUT2D eigenvalue weighted by atomic mass is 19.1. The molecule has 2 heterocycles. The monoisotopic (exact) mass is 398 g/mol. The van der Waals surface area contributed by atoms with Gasteiger partial charge in [-0.05, 0) is 57.6 Å². The zero-order valence-corrected chi connectivity index (χ0v) is 17.5. The lowest BCUT2D eigenvalue weighted by atomic mass is 9.99. The highest BCUT2D eigenvalue weighted by Gasteiger charge is 2.34. The van der Waals surface area contributed by atoms with Crippen LogP contribution in [0.2, 0.25) is 0 Å². The molecule has 0 spiro atoms.